The number of carbonyl (C=O) groups is 6. The molecule has 4 aromatic rings. The lowest BCUT2D eigenvalue weighted by Gasteiger charge is -2.50. The Morgan fingerprint density at radius 2 is 0.700 bits per heavy atom. The zero-order chi connectivity index (χ0) is 57.1. The molecule has 432 valence electrons. The predicted molar refractivity (Wildman–Crippen MR) is 275 cm³/mol. The molecule has 0 bridgehead atoms. The average molecular weight is 1120 g/mol. The molecule has 0 unspecified atom stereocenters. The van der Waals surface area contributed by atoms with E-state index in [2.05, 4.69) is 0 Å². The molecule has 22 nitrogen and oxygen atoms in total. The van der Waals surface area contributed by atoms with Crippen LogP contribution >= 0.6 is 0 Å². The Hall–Kier alpha value is -6.70. The molecule has 3 aliphatic heterocycles. The maximum Gasteiger partial charge on any atom is 0.303 e. The van der Waals surface area contributed by atoms with Crippen molar-refractivity contribution in [2.75, 3.05) is 19.8 Å². The topological polar surface area (TPSA) is 261 Å². The summed E-state index contributed by atoms with van der Waals surface area (Å²) in [5.74, 6) is -5.25. The van der Waals surface area contributed by atoms with Gasteiger partial charge in [-0.15, -0.1) is 0 Å². The van der Waals surface area contributed by atoms with Crippen LogP contribution in [-0.2, 0) is 126 Å². The average Bonchev–Trinajstić information content (AvgIpc) is 3.48. The molecule has 15 atom stereocenters. The van der Waals surface area contributed by atoms with Gasteiger partial charge in [0.05, 0.1) is 33.0 Å². The Labute approximate surface area is 462 Å². The van der Waals surface area contributed by atoms with Crippen LogP contribution in [0.4, 0.5) is 0 Å². The highest BCUT2D eigenvalue weighted by molar-refractivity contribution is 5.68. The van der Waals surface area contributed by atoms with E-state index in [0.717, 1.165) is 63.8 Å². The largest absolute Gasteiger partial charge is 0.463 e. The van der Waals surface area contributed by atoms with Crippen LogP contribution in [0.15, 0.2) is 121 Å². The van der Waals surface area contributed by atoms with E-state index >= 15 is 0 Å². The molecule has 4 aromatic carbocycles. The minimum atomic E-state index is -1.97. The highest BCUT2D eigenvalue weighted by Gasteiger charge is 2.59. The lowest BCUT2D eigenvalue weighted by atomic mass is 9.95. The maximum atomic E-state index is 13.4. The van der Waals surface area contributed by atoms with Gasteiger partial charge in [-0.3, -0.25) is 28.8 Å². The van der Waals surface area contributed by atoms with E-state index in [4.69, 9.17) is 71.1 Å². The number of ether oxygens (including phenoxy) is 15. The fourth-order valence-electron chi connectivity index (χ4n) is 9.33. The predicted octanol–water partition coefficient (Wildman–Crippen LogP) is 4.75. The van der Waals surface area contributed by atoms with Gasteiger partial charge >= 0.3 is 35.8 Å². The smallest absolute Gasteiger partial charge is 0.303 e. The monoisotopic (exact) mass is 1120 g/mol. The minimum absolute atomic E-state index is 0.0115. The molecule has 3 saturated heterocycles. The molecule has 0 aromatic heterocycles. The van der Waals surface area contributed by atoms with E-state index in [1.165, 1.54) is 0 Å². The number of benzene rings is 4. The van der Waals surface area contributed by atoms with Gasteiger partial charge in [0.25, 0.3) is 0 Å². The van der Waals surface area contributed by atoms with Crippen molar-refractivity contribution in [3.8, 4) is 0 Å². The van der Waals surface area contributed by atoms with Gasteiger partial charge in [-0.1, -0.05) is 121 Å². The Morgan fingerprint density at radius 3 is 1.12 bits per heavy atom. The molecule has 0 amide bonds. The van der Waals surface area contributed by atoms with Crippen molar-refractivity contribution in [3.63, 3.8) is 0 Å². The number of hydrogen-bond acceptors (Lipinski definition) is 22. The van der Waals surface area contributed by atoms with Crippen molar-refractivity contribution in [2.24, 2.45) is 0 Å². The Kier molecular flexibility index (Phi) is 23.0. The van der Waals surface area contributed by atoms with Crippen LogP contribution in [0.3, 0.4) is 0 Å². The van der Waals surface area contributed by atoms with Crippen molar-refractivity contribution in [1.82, 2.24) is 0 Å². The van der Waals surface area contributed by atoms with Crippen LogP contribution in [-0.4, -0.2) is 153 Å². The van der Waals surface area contributed by atoms with Gasteiger partial charge in [-0.2, -0.15) is 0 Å². The van der Waals surface area contributed by atoms with Crippen LogP contribution in [0.5, 0.6) is 0 Å². The van der Waals surface area contributed by atoms with Crippen LogP contribution in [0, 0.1) is 0 Å². The normalized spacial score (nSPS) is 28.4. The molecule has 1 N–H and O–H groups in total. The quantitative estimate of drug-likeness (QED) is 0.0693. The summed E-state index contributed by atoms with van der Waals surface area (Å²) in [4.78, 5) is 76.7. The summed E-state index contributed by atoms with van der Waals surface area (Å²) in [5, 5.41) is 11.1. The van der Waals surface area contributed by atoms with Gasteiger partial charge in [0.2, 0.25) is 0 Å². The molecule has 80 heavy (non-hydrogen) atoms. The third kappa shape index (κ3) is 17.9. The standard InChI is InChI=1S/C58H68O22/c1-34(59)67-32-45-48(51(72-36(3)61)53(56(65)76-45)74-38(5)63)80-58-55(75-39(6)64)52(73-37(4)62)49(46(78-58)33-68-35(2)60)79-57-54(71-30-43-25-17-10-18-26-43)50(70-29-42-23-15-9-16-24-42)47(69-28-41-21-13-8-14-22-41)44(77-57)31-66-27-40-19-11-7-12-20-40/h7-26,44-58,65H,27-33H2,1-6H3/t44-,45-,46-,47+,48-,49+,50+,51+,52+,53-,54-,55-,56-,57-,58+/m1/s1. The summed E-state index contributed by atoms with van der Waals surface area (Å²) in [6.45, 7) is 5.45. The van der Waals surface area contributed by atoms with E-state index in [-0.39, 0.29) is 33.0 Å². The zero-order valence-corrected chi connectivity index (χ0v) is 45.2. The number of hydrogen-bond donors (Lipinski definition) is 1. The Bertz CT molecular complexity index is 2590. The summed E-state index contributed by atoms with van der Waals surface area (Å²) in [6.07, 6.45) is -22.9. The van der Waals surface area contributed by atoms with Gasteiger partial charge in [-0.25, -0.2) is 0 Å². The van der Waals surface area contributed by atoms with E-state index in [1.807, 2.05) is 121 Å². The molecule has 0 radical (unpaired) electrons. The Morgan fingerprint density at radius 1 is 0.362 bits per heavy atom. The first-order valence-corrected chi connectivity index (χ1v) is 26.0. The summed E-state index contributed by atoms with van der Waals surface area (Å²) in [5.41, 5.74) is 3.29. The fourth-order valence-corrected chi connectivity index (χ4v) is 9.33. The number of carbonyl (C=O) groups excluding carboxylic acids is 6. The molecular formula is C58H68O22. The van der Waals surface area contributed by atoms with Gasteiger partial charge in [0.15, 0.2) is 43.3 Å². The number of esters is 6. The van der Waals surface area contributed by atoms with E-state index < -0.39 is 141 Å². The van der Waals surface area contributed by atoms with Gasteiger partial charge < -0.3 is 76.2 Å². The second-order valence-electron chi connectivity index (χ2n) is 19.0. The first kappa shape index (κ1) is 60.9. The van der Waals surface area contributed by atoms with Crippen molar-refractivity contribution in [3.05, 3.63) is 144 Å². The fraction of sp³-hybridized carbons (Fsp3) is 0.483. The second-order valence-corrected chi connectivity index (χ2v) is 19.0. The third-order valence-corrected chi connectivity index (χ3v) is 12.7. The number of aliphatic hydroxyl groups is 1. The van der Waals surface area contributed by atoms with Gasteiger partial charge in [0.1, 0.15) is 62.0 Å². The highest BCUT2D eigenvalue weighted by Crippen LogP contribution is 2.38. The van der Waals surface area contributed by atoms with E-state index in [9.17, 15) is 33.9 Å². The Balaban J connectivity index is 1.33. The van der Waals surface area contributed by atoms with Crippen molar-refractivity contribution in [1.29, 1.82) is 0 Å². The lowest BCUT2D eigenvalue weighted by Crippen LogP contribution is -2.68. The molecule has 7 rings (SSSR count). The lowest BCUT2D eigenvalue weighted by molar-refractivity contribution is -0.384. The summed E-state index contributed by atoms with van der Waals surface area (Å²) >= 11 is 0. The van der Waals surface area contributed by atoms with Crippen molar-refractivity contribution in [2.45, 2.75) is 160 Å². The van der Waals surface area contributed by atoms with Crippen LogP contribution < -0.4 is 0 Å². The van der Waals surface area contributed by atoms with Gasteiger partial charge in [-0.05, 0) is 22.3 Å². The highest BCUT2D eigenvalue weighted by atomic mass is 16.8. The first-order chi connectivity index (χ1) is 38.5. The number of aliphatic hydroxyl groups excluding tert-OH is 1. The summed E-state index contributed by atoms with van der Waals surface area (Å²) in [7, 11) is 0. The molecular weight excluding hydrogens is 1050 g/mol. The molecule has 0 aliphatic carbocycles. The van der Waals surface area contributed by atoms with Crippen LogP contribution in [0.2, 0.25) is 0 Å². The first-order valence-electron chi connectivity index (χ1n) is 26.0. The number of rotatable bonds is 25. The zero-order valence-electron chi connectivity index (χ0n) is 45.2. The minimum Gasteiger partial charge on any atom is -0.463 e. The van der Waals surface area contributed by atoms with E-state index in [1.54, 1.807) is 0 Å². The van der Waals surface area contributed by atoms with Crippen LogP contribution in [0.25, 0.3) is 0 Å². The van der Waals surface area contributed by atoms with Gasteiger partial charge in [0, 0.05) is 41.5 Å². The second kappa shape index (κ2) is 30.2. The molecule has 3 aliphatic rings. The molecule has 3 fully saturated rings. The molecule has 0 saturated carbocycles. The van der Waals surface area contributed by atoms with E-state index in [0.29, 0.717) is 0 Å². The van der Waals surface area contributed by atoms with Crippen molar-refractivity contribution >= 4 is 35.8 Å². The van der Waals surface area contributed by atoms with Crippen molar-refractivity contribution < 1.29 is 105 Å². The summed E-state index contributed by atoms with van der Waals surface area (Å²) in [6, 6.07) is 37.7. The molecule has 3 heterocycles. The van der Waals surface area contributed by atoms with Crippen LogP contribution in [0.1, 0.15) is 63.8 Å². The third-order valence-electron chi connectivity index (χ3n) is 12.7. The SMILES string of the molecule is CC(=O)OC[C@H]1O[C@@H](O[C@H]2[C@H](OC(C)=O)[C@@H](OC(C)=O)[C@H](O)O[C@@H]2COC(C)=O)[C@H](OC(C)=O)[C@@H](OC(C)=O)[C@H]1O[C@H]1O[C@H](COCc2ccccc2)[C@H](OCc2ccccc2)[C@H](OCc2ccccc2)[C@H]1OCc1ccccc1. The molecule has 22 heteroatoms. The summed E-state index contributed by atoms with van der Waals surface area (Å²) < 4.78 is 93.6. The maximum absolute atomic E-state index is 13.4. The molecule has 0 spiro atoms.